The molecule has 0 radical (unpaired) electrons. The molecule has 2 aromatic rings. The lowest BCUT2D eigenvalue weighted by atomic mass is 10.1. The Morgan fingerprint density at radius 2 is 1.59 bits per heavy atom. The highest BCUT2D eigenvalue weighted by Crippen LogP contribution is 2.29. The van der Waals surface area contributed by atoms with Gasteiger partial charge in [-0.2, -0.15) is 0 Å². The molecule has 114 valence electrons. The van der Waals surface area contributed by atoms with Crippen LogP contribution in [0.3, 0.4) is 0 Å². The van der Waals surface area contributed by atoms with Gasteiger partial charge in [-0.3, -0.25) is 9.59 Å². The Morgan fingerprint density at radius 1 is 0.955 bits per heavy atom. The van der Waals surface area contributed by atoms with Crippen molar-refractivity contribution < 1.29 is 19.1 Å². The van der Waals surface area contributed by atoms with Crippen LogP contribution in [0.15, 0.2) is 42.5 Å². The van der Waals surface area contributed by atoms with Gasteiger partial charge in [0, 0.05) is 17.2 Å². The maximum Gasteiger partial charge on any atom is 0.255 e. The molecule has 0 fully saturated rings. The van der Waals surface area contributed by atoms with Crippen molar-refractivity contribution >= 4 is 17.5 Å². The smallest absolute Gasteiger partial charge is 0.255 e. The highest BCUT2D eigenvalue weighted by molar-refractivity contribution is 6.05. The minimum atomic E-state index is -0.540. The van der Waals surface area contributed by atoms with Gasteiger partial charge in [0.15, 0.2) is 0 Å². The lowest BCUT2D eigenvalue weighted by molar-refractivity contribution is 0.0995. The molecule has 6 heteroatoms. The molecule has 22 heavy (non-hydrogen) atoms. The number of ether oxygens (including phenoxy) is 2. The second kappa shape index (κ2) is 6.62. The van der Waals surface area contributed by atoms with Crippen molar-refractivity contribution in [2.45, 2.75) is 0 Å². The molecule has 2 amide bonds. The highest BCUT2D eigenvalue weighted by Gasteiger charge is 2.11. The predicted octanol–water partition coefficient (Wildman–Crippen LogP) is 2.05. The number of nitrogens with two attached hydrogens (primary N) is 1. The fourth-order valence-electron chi connectivity index (χ4n) is 1.89. The van der Waals surface area contributed by atoms with Crippen molar-refractivity contribution in [1.82, 2.24) is 0 Å². The molecule has 0 aliphatic carbocycles. The molecule has 0 saturated carbocycles. The molecule has 0 unspecified atom stereocenters. The normalized spacial score (nSPS) is 9.91. The number of carbonyl (C=O) groups is 2. The Labute approximate surface area is 127 Å². The van der Waals surface area contributed by atoms with E-state index in [1.165, 1.54) is 38.5 Å². The van der Waals surface area contributed by atoms with E-state index in [-0.39, 0.29) is 5.91 Å². The van der Waals surface area contributed by atoms with Gasteiger partial charge >= 0.3 is 0 Å². The fourth-order valence-corrected chi connectivity index (χ4v) is 1.89. The Balaban J connectivity index is 2.22. The van der Waals surface area contributed by atoms with E-state index in [9.17, 15) is 9.59 Å². The number of carbonyl (C=O) groups excluding carboxylic acids is 2. The minimum Gasteiger partial charge on any atom is -0.497 e. The van der Waals surface area contributed by atoms with Crippen molar-refractivity contribution in [3.63, 3.8) is 0 Å². The van der Waals surface area contributed by atoms with Crippen LogP contribution in [0.2, 0.25) is 0 Å². The Bertz CT molecular complexity index is 696. The number of anilines is 1. The number of nitrogens with one attached hydrogen (secondary N) is 1. The van der Waals surface area contributed by atoms with Crippen molar-refractivity contribution in [1.29, 1.82) is 0 Å². The van der Waals surface area contributed by atoms with Gasteiger partial charge < -0.3 is 20.5 Å². The topological polar surface area (TPSA) is 90.7 Å². The summed E-state index contributed by atoms with van der Waals surface area (Å²) in [6, 6.07) is 11.2. The molecule has 2 rings (SSSR count). The van der Waals surface area contributed by atoms with Gasteiger partial charge in [-0.15, -0.1) is 0 Å². The molecule has 0 aromatic heterocycles. The molecule has 0 saturated heterocycles. The van der Waals surface area contributed by atoms with E-state index in [0.29, 0.717) is 28.3 Å². The van der Waals surface area contributed by atoms with Crippen molar-refractivity contribution in [3.05, 3.63) is 53.6 Å². The van der Waals surface area contributed by atoms with Crippen LogP contribution in [-0.2, 0) is 0 Å². The van der Waals surface area contributed by atoms with Gasteiger partial charge in [0.05, 0.1) is 19.9 Å². The molecule has 0 heterocycles. The number of methoxy groups -OCH3 is 2. The third kappa shape index (κ3) is 3.35. The van der Waals surface area contributed by atoms with Gasteiger partial charge in [-0.1, -0.05) is 0 Å². The van der Waals surface area contributed by atoms with Crippen LogP contribution in [0.5, 0.6) is 11.5 Å². The van der Waals surface area contributed by atoms with E-state index in [1.54, 1.807) is 18.2 Å². The first-order valence-corrected chi connectivity index (χ1v) is 6.48. The average molecular weight is 300 g/mol. The Kier molecular flexibility index (Phi) is 4.63. The molecule has 2 aromatic carbocycles. The van der Waals surface area contributed by atoms with Gasteiger partial charge in [0.2, 0.25) is 5.91 Å². The second-order valence-corrected chi connectivity index (χ2v) is 4.46. The summed E-state index contributed by atoms with van der Waals surface area (Å²) in [7, 11) is 3.05. The van der Waals surface area contributed by atoms with Gasteiger partial charge in [0.25, 0.3) is 5.91 Å². The molecule has 0 spiro atoms. The van der Waals surface area contributed by atoms with Crippen LogP contribution < -0.4 is 20.5 Å². The summed E-state index contributed by atoms with van der Waals surface area (Å²) in [6.45, 7) is 0. The number of hydrogen-bond acceptors (Lipinski definition) is 4. The average Bonchev–Trinajstić information content (AvgIpc) is 2.54. The van der Waals surface area contributed by atoms with Crippen LogP contribution in [0.4, 0.5) is 5.69 Å². The first-order valence-electron chi connectivity index (χ1n) is 6.48. The lowest BCUT2D eigenvalue weighted by Crippen LogP contribution is -2.14. The molecule has 0 aliphatic heterocycles. The quantitative estimate of drug-likeness (QED) is 0.884. The molecular weight excluding hydrogens is 284 g/mol. The molecule has 0 aliphatic rings. The van der Waals surface area contributed by atoms with Crippen molar-refractivity contribution in [3.8, 4) is 11.5 Å². The zero-order valence-electron chi connectivity index (χ0n) is 12.3. The van der Waals surface area contributed by atoms with Crippen LogP contribution >= 0.6 is 0 Å². The first kappa shape index (κ1) is 15.4. The Hall–Kier alpha value is -3.02. The van der Waals surface area contributed by atoms with E-state index >= 15 is 0 Å². The van der Waals surface area contributed by atoms with E-state index < -0.39 is 5.91 Å². The summed E-state index contributed by atoms with van der Waals surface area (Å²) >= 11 is 0. The number of rotatable bonds is 5. The van der Waals surface area contributed by atoms with Crippen LogP contribution in [0.25, 0.3) is 0 Å². The number of benzene rings is 2. The Morgan fingerprint density at radius 3 is 2.14 bits per heavy atom. The van der Waals surface area contributed by atoms with Crippen molar-refractivity contribution in [2.24, 2.45) is 5.73 Å². The standard InChI is InChI=1S/C16H16N2O4/c1-21-12-7-8-14(22-2)13(9-12)18-16(20)11-5-3-10(4-6-11)15(17)19/h3-9H,1-2H3,(H2,17,19)(H,18,20). The van der Waals surface area contributed by atoms with Crippen molar-refractivity contribution in [2.75, 3.05) is 19.5 Å². The molecule has 0 atom stereocenters. The molecule has 0 bridgehead atoms. The second-order valence-electron chi connectivity index (χ2n) is 4.46. The maximum atomic E-state index is 12.2. The zero-order chi connectivity index (χ0) is 16.1. The molecule has 3 N–H and O–H groups in total. The minimum absolute atomic E-state index is 0.331. The van der Waals surface area contributed by atoms with Gasteiger partial charge in [-0.25, -0.2) is 0 Å². The number of amides is 2. The highest BCUT2D eigenvalue weighted by atomic mass is 16.5. The molecular formula is C16H16N2O4. The molecule has 6 nitrogen and oxygen atoms in total. The number of primary amides is 1. The summed E-state index contributed by atoms with van der Waals surface area (Å²) in [5.41, 5.74) is 6.40. The zero-order valence-corrected chi connectivity index (χ0v) is 12.3. The maximum absolute atomic E-state index is 12.2. The van der Waals surface area contributed by atoms with Crippen LogP contribution in [-0.4, -0.2) is 26.0 Å². The SMILES string of the molecule is COc1ccc(OC)c(NC(=O)c2ccc(C(N)=O)cc2)c1. The van der Waals surface area contributed by atoms with Crippen LogP contribution in [0, 0.1) is 0 Å². The first-order chi connectivity index (χ1) is 10.5. The van der Waals surface area contributed by atoms with E-state index in [2.05, 4.69) is 5.32 Å². The monoisotopic (exact) mass is 300 g/mol. The largest absolute Gasteiger partial charge is 0.497 e. The number of hydrogen-bond donors (Lipinski definition) is 2. The summed E-state index contributed by atoms with van der Waals surface area (Å²) in [5, 5.41) is 2.74. The summed E-state index contributed by atoms with van der Waals surface area (Å²) < 4.78 is 10.3. The van der Waals surface area contributed by atoms with E-state index in [4.69, 9.17) is 15.2 Å². The lowest BCUT2D eigenvalue weighted by Gasteiger charge is -2.12. The summed E-state index contributed by atoms with van der Waals surface area (Å²) in [5.74, 6) is 0.243. The fraction of sp³-hybridized carbons (Fsp3) is 0.125. The third-order valence-electron chi connectivity index (χ3n) is 3.09. The van der Waals surface area contributed by atoms with Gasteiger partial charge in [-0.05, 0) is 36.4 Å². The van der Waals surface area contributed by atoms with E-state index in [1.807, 2.05) is 0 Å². The van der Waals surface area contributed by atoms with Gasteiger partial charge in [0.1, 0.15) is 11.5 Å². The third-order valence-corrected chi connectivity index (χ3v) is 3.09. The predicted molar refractivity (Wildman–Crippen MR) is 82.5 cm³/mol. The van der Waals surface area contributed by atoms with E-state index in [0.717, 1.165) is 0 Å². The summed E-state index contributed by atoms with van der Waals surface area (Å²) in [6.07, 6.45) is 0. The summed E-state index contributed by atoms with van der Waals surface area (Å²) in [4.78, 5) is 23.3. The van der Waals surface area contributed by atoms with Crippen LogP contribution in [0.1, 0.15) is 20.7 Å².